The van der Waals surface area contributed by atoms with Gasteiger partial charge in [0.15, 0.2) is 0 Å². The molecule has 0 bridgehead atoms. The van der Waals surface area contributed by atoms with Gasteiger partial charge >= 0.3 is 5.69 Å². The molecule has 0 spiro atoms. The van der Waals surface area contributed by atoms with E-state index in [1.54, 1.807) is 6.92 Å². The van der Waals surface area contributed by atoms with Gasteiger partial charge in [0.05, 0.1) is 11.6 Å². The summed E-state index contributed by atoms with van der Waals surface area (Å²) in [6.45, 7) is 3.84. The first-order chi connectivity index (χ1) is 9.63. The minimum absolute atomic E-state index is 0.0232. The van der Waals surface area contributed by atoms with Gasteiger partial charge in [-0.2, -0.15) is 0 Å². The summed E-state index contributed by atoms with van der Waals surface area (Å²) in [7, 11) is 0. The molecule has 1 aromatic rings. The number of fused-ring (bicyclic) bond motifs is 1. The average molecular weight is 279 g/mol. The smallest absolute Gasteiger partial charge is 0.331 e. The standard InChI is InChI=1S/C14H21N3O3/c1-2-9-12(18)15-14(20)17(13(9)19)11-6-8-16-7-4-3-5-10(11)16/h10-11,19H,2-8H2,1H3,(H,15,18,20). The number of aromatic amines is 1. The van der Waals surface area contributed by atoms with Crippen LogP contribution in [0.15, 0.2) is 9.59 Å². The van der Waals surface area contributed by atoms with Crippen LogP contribution in [0.1, 0.15) is 44.2 Å². The Kier molecular flexibility index (Phi) is 3.41. The van der Waals surface area contributed by atoms with E-state index in [1.165, 1.54) is 11.0 Å². The van der Waals surface area contributed by atoms with Gasteiger partial charge in [-0.15, -0.1) is 0 Å². The van der Waals surface area contributed by atoms with Crippen molar-refractivity contribution in [1.82, 2.24) is 14.5 Å². The van der Waals surface area contributed by atoms with Gasteiger partial charge in [0.25, 0.3) is 5.56 Å². The third-order valence-electron chi connectivity index (χ3n) is 4.72. The zero-order chi connectivity index (χ0) is 14.3. The maximum absolute atomic E-state index is 12.1. The summed E-state index contributed by atoms with van der Waals surface area (Å²) in [4.78, 5) is 28.6. The molecule has 2 aliphatic rings. The van der Waals surface area contributed by atoms with Crippen molar-refractivity contribution in [2.75, 3.05) is 13.1 Å². The van der Waals surface area contributed by atoms with E-state index in [1.807, 2.05) is 0 Å². The first-order valence-electron chi connectivity index (χ1n) is 7.44. The summed E-state index contributed by atoms with van der Waals surface area (Å²) in [5.41, 5.74) is -0.647. The third kappa shape index (κ3) is 1.98. The highest BCUT2D eigenvalue weighted by Gasteiger charge is 2.38. The normalized spacial score (nSPS) is 26.6. The van der Waals surface area contributed by atoms with E-state index in [9.17, 15) is 14.7 Å². The molecule has 3 heterocycles. The fourth-order valence-corrected chi connectivity index (χ4v) is 3.72. The van der Waals surface area contributed by atoms with Gasteiger partial charge in [-0.05, 0) is 32.2 Å². The van der Waals surface area contributed by atoms with E-state index in [0.29, 0.717) is 18.0 Å². The topological polar surface area (TPSA) is 78.3 Å². The first kappa shape index (κ1) is 13.4. The van der Waals surface area contributed by atoms with Gasteiger partial charge in [-0.25, -0.2) is 4.79 Å². The van der Waals surface area contributed by atoms with Crippen molar-refractivity contribution >= 4 is 0 Å². The lowest BCUT2D eigenvalue weighted by Gasteiger charge is -2.33. The van der Waals surface area contributed by atoms with Crippen LogP contribution < -0.4 is 11.2 Å². The lowest BCUT2D eigenvalue weighted by atomic mass is 9.98. The van der Waals surface area contributed by atoms with Crippen molar-refractivity contribution in [2.45, 2.75) is 51.1 Å². The summed E-state index contributed by atoms with van der Waals surface area (Å²) in [6, 6.07) is 0.285. The lowest BCUT2D eigenvalue weighted by molar-refractivity contribution is 0.167. The molecule has 2 N–H and O–H groups in total. The first-order valence-corrected chi connectivity index (χ1v) is 7.44. The van der Waals surface area contributed by atoms with Crippen LogP contribution in [0.2, 0.25) is 0 Å². The molecule has 2 saturated heterocycles. The molecule has 0 aromatic carbocycles. The second-order valence-electron chi connectivity index (χ2n) is 5.74. The fraction of sp³-hybridized carbons (Fsp3) is 0.714. The van der Waals surface area contributed by atoms with Crippen molar-refractivity contribution in [1.29, 1.82) is 0 Å². The minimum atomic E-state index is -0.484. The molecule has 0 amide bonds. The van der Waals surface area contributed by atoms with E-state index in [-0.39, 0.29) is 11.9 Å². The third-order valence-corrected chi connectivity index (χ3v) is 4.72. The van der Waals surface area contributed by atoms with Crippen LogP contribution in [0, 0.1) is 0 Å². The Bertz CT molecular complexity index is 619. The monoisotopic (exact) mass is 279 g/mol. The molecule has 2 fully saturated rings. The summed E-state index contributed by atoms with van der Waals surface area (Å²) in [5, 5.41) is 10.3. The molecule has 0 aliphatic carbocycles. The van der Waals surface area contributed by atoms with Gasteiger partial charge in [0, 0.05) is 12.6 Å². The van der Waals surface area contributed by atoms with Crippen LogP contribution in [-0.2, 0) is 6.42 Å². The van der Waals surface area contributed by atoms with Crippen molar-refractivity contribution < 1.29 is 5.11 Å². The SMILES string of the molecule is CCc1c(O)n(C2CCN3CCCCC23)c(=O)[nH]c1=O. The number of rotatable bonds is 2. The molecule has 2 unspecified atom stereocenters. The predicted octanol–water partition coefficient (Wildman–Crippen LogP) is 0.604. The number of piperidine rings is 1. The second-order valence-corrected chi connectivity index (χ2v) is 5.74. The number of aromatic nitrogens is 2. The number of nitrogens with zero attached hydrogens (tertiary/aromatic N) is 2. The molecule has 3 rings (SSSR count). The Morgan fingerprint density at radius 3 is 2.75 bits per heavy atom. The molecule has 2 aliphatic heterocycles. The Morgan fingerprint density at radius 1 is 1.20 bits per heavy atom. The Morgan fingerprint density at radius 2 is 2.00 bits per heavy atom. The highest BCUT2D eigenvalue weighted by atomic mass is 16.3. The zero-order valence-electron chi connectivity index (χ0n) is 11.8. The summed E-state index contributed by atoms with van der Waals surface area (Å²) < 4.78 is 1.41. The molecule has 2 atom stereocenters. The highest BCUT2D eigenvalue weighted by Crippen LogP contribution is 2.36. The Labute approximate surface area is 117 Å². The average Bonchev–Trinajstić information content (AvgIpc) is 2.83. The van der Waals surface area contributed by atoms with Crippen molar-refractivity contribution in [3.05, 3.63) is 26.4 Å². The summed E-state index contributed by atoms with van der Waals surface area (Å²) in [5.74, 6) is -0.140. The fourth-order valence-electron chi connectivity index (χ4n) is 3.72. The number of hydrogen-bond donors (Lipinski definition) is 2. The van der Waals surface area contributed by atoms with Gasteiger partial charge in [0.2, 0.25) is 5.88 Å². The van der Waals surface area contributed by atoms with Crippen LogP contribution in [0.5, 0.6) is 5.88 Å². The maximum Gasteiger partial charge on any atom is 0.331 e. The highest BCUT2D eigenvalue weighted by molar-refractivity contribution is 5.23. The number of hydrogen-bond acceptors (Lipinski definition) is 4. The van der Waals surface area contributed by atoms with Crippen LogP contribution in [0.25, 0.3) is 0 Å². The van der Waals surface area contributed by atoms with Crippen LogP contribution in [-0.4, -0.2) is 38.7 Å². The number of nitrogens with one attached hydrogen (secondary N) is 1. The van der Waals surface area contributed by atoms with Crippen molar-refractivity contribution in [2.24, 2.45) is 0 Å². The second kappa shape index (κ2) is 5.09. The molecule has 0 radical (unpaired) electrons. The van der Waals surface area contributed by atoms with Crippen LogP contribution in [0.4, 0.5) is 0 Å². The van der Waals surface area contributed by atoms with E-state index < -0.39 is 11.2 Å². The number of H-pyrrole nitrogens is 1. The summed E-state index contributed by atoms with van der Waals surface area (Å²) >= 11 is 0. The van der Waals surface area contributed by atoms with Gasteiger partial charge in [-0.3, -0.25) is 19.2 Å². The number of aromatic hydroxyl groups is 1. The van der Waals surface area contributed by atoms with E-state index >= 15 is 0 Å². The Hall–Kier alpha value is -1.56. The van der Waals surface area contributed by atoms with Crippen LogP contribution >= 0.6 is 0 Å². The van der Waals surface area contributed by atoms with Crippen molar-refractivity contribution in [3.63, 3.8) is 0 Å². The molecular weight excluding hydrogens is 258 g/mol. The lowest BCUT2D eigenvalue weighted by Crippen LogP contribution is -2.42. The van der Waals surface area contributed by atoms with Gasteiger partial charge in [0.1, 0.15) is 0 Å². The molecule has 0 saturated carbocycles. The summed E-state index contributed by atoms with van der Waals surface area (Å²) in [6.07, 6.45) is 4.69. The van der Waals surface area contributed by atoms with Crippen LogP contribution in [0.3, 0.4) is 0 Å². The molecule has 6 nitrogen and oxygen atoms in total. The Balaban J connectivity index is 2.06. The van der Waals surface area contributed by atoms with Gasteiger partial charge in [-0.1, -0.05) is 13.3 Å². The van der Waals surface area contributed by atoms with E-state index in [0.717, 1.165) is 32.4 Å². The largest absolute Gasteiger partial charge is 0.494 e. The predicted molar refractivity (Wildman–Crippen MR) is 75.2 cm³/mol. The molecule has 20 heavy (non-hydrogen) atoms. The zero-order valence-corrected chi connectivity index (χ0v) is 11.8. The minimum Gasteiger partial charge on any atom is -0.494 e. The van der Waals surface area contributed by atoms with E-state index in [4.69, 9.17) is 0 Å². The van der Waals surface area contributed by atoms with Gasteiger partial charge < -0.3 is 5.11 Å². The molecule has 110 valence electrons. The van der Waals surface area contributed by atoms with Crippen molar-refractivity contribution in [3.8, 4) is 5.88 Å². The quantitative estimate of drug-likeness (QED) is 0.831. The molecule has 1 aromatic heterocycles. The van der Waals surface area contributed by atoms with E-state index in [2.05, 4.69) is 9.88 Å². The maximum atomic E-state index is 12.1. The molecular formula is C14H21N3O3. The molecule has 6 heteroatoms.